The van der Waals surface area contributed by atoms with Crippen LogP contribution >= 0.6 is 23.4 Å². The summed E-state index contributed by atoms with van der Waals surface area (Å²) in [5.74, 6) is 6.19. The molecule has 0 radical (unpaired) electrons. The van der Waals surface area contributed by atoms with Gasteiger partial charge in [0.2, 0.25) is 0 Å². The van der Waals surface area contributed by atoms with Crippen LogP contribution in [0.15, 0.2) is 29.2 Å². The summed E-state index contributed by atoms with van der Waals surface area (Å²) in [5, 5.41) is 0.803. The van der Waals surface area contributed by atoms with Crippen LogP contribution in [0.1, 0.15) is 6.92 Å². The molecule has 0 saturated heterocycles. The summed E-state index contributed by atoms with van der Waals surface area (Å²) in [6.45, 7) is 2.03. The Morgan fingerprint density at radius 2 is 2.23 bits per heavy atom. The van der Waals surface area contributed by atoms with Gasteiger partial charge in [-0.05, 0) is 19.1 Å². The first-order valence-electron chi connectivity index (χ1n) is 4.07. The molecule has 1 rings (SSSR count). The van der Waals surface area contributed by atoms with Crippen LogP contribution in [0.3, 0.4) is 0 Å². The van der Waals surface area contributed by atoms with Gasteiger partial charge in [-0.3, -0.25) is 11.3 Å². The monoisotopic (exact) mass is 216 g/mol. The topological polar surface area (TPSA) is 38.0 Å². The second-order valence-electron chi connectivity index (χ2n) is 2.81. The molecular formula is C9H13ClN2S. The Hall–Kier alpha value is -0.220. The Balaban J connectivity index is 2.50. The van der Waals surface area contributed by atoms with Crippen molar-refractivity contribution in [3.63, 3.8) is 0 Å². The molecule has 0 aromatic heterocycles. The summed E-state index contributed by atoms with van der Waals surface area (Å²) in [5.41, 5.74) is 2.69. The first kappa shape index (κ1) is 10.9. The standard InChI is InChI=1S/C9H13ClN2S/c1-7(12-11)6-13-9-5-3-2-4-8(9)10/h2-5,7,12H,6,11H2,1H3. The van der Waals surface area contributed by atoms with Crippen molar-refractivity contribution in [1.82, 2.24) is 5.43 Å². The fourth-order valence-corrected chi connectivity index (χ4v) is 2.03. The maximum absolute atomic E-state index is 5.98. The highest BCUT2D eigenvalue weighted by atomic mass is 35.5. The van der Waals surface area contributed by atoms with Gasteiger partial charge < -0.3 is 0 Å². The van der Waals surface area contributed by atoms with Crippen molar-refractivity contribution in [3.05, 3.63) is 29.3 Å². The molecule has 2 nitrogen and oxygen atoms in total. The second kappa shape index (κ2) is 5.50. The van der Waals surface area contributed by atoms with Crippen LogP contribution in [0.25, 0.3) is 0 Å². The molecule has 0 aliphatic rings. The fraction of sp³-hybridized carbons (Fsp3) is 0.333. The van der Waals surface area contributed by atoms with Gasteiger partial charge in [0, 0.05) is 16.7 Å². The van der Waals surface area contributed by atoms with E-state index < -0.39 is 0 Å². The lowest BCUT2D eigenvalue weighted by Gasteiger charge is -2.09. The predicted molar refractivity (Wildman–Crippen MR) is 59.0 cm³/mol. The largest absolute Gasteiger partial charge is 0.271 e. The van der Waals surface area contributed by atoms with E-state index in [1.54, 1.807) is 11.8 Å². The van der Waals surface area contributed by atoms with Crippen molar-refractivity contribution in [2.75, 3.05) is 5.75 Å². The molecule has 1 aromatic rings. The van der Waals surface area contributed by atoms with Crippen molar-refractivity contribution in [3.8, 4) is 0 Å². The SMILES string of the molecule is CC(CSc1ccccc1Cl)NN. The van der Waals surface area contributed by atoms with E-state index in [0.717, 1.165) is 15.7 Å². The fourth-order valence-electron chi connectivity index (χ4n) is 0.825. The third kappa shape index (κ3) is 3.56. The molecule has 3 N–H and O–H groups in total. The lowest BCUT2D eigenvalue weighted by Crippen LogP contribution is -2.34. The molecule has 1 unspecified atom stereocenters. The number of halogens is 1. The molecule has 0 aliphatic carbocycles. The minimum Gasteiger partial charge on any atom is -0.271 e. The van der Waals surface area contributed by atoms with E-state index >= 15 is 0 Å². The third-order valence-corrected chi connectivity index (χ3v) is 3.39. The Bertz CT molecular complexity index is 268. The van der Waals surface area contributed by atoms with E-state index in [9.17, 15) is 0 Å². The van der Waals surface area contributed by atoms with Gasteiger partial charge in [-0.25, -0.2) is 0 Å². The summed E-state index contributed by atoms with van der Waals surface area (Å²) in [4.78, 5) is 1.10. The molecule has 13 heavy (non-hydrogen) atoms. The number of nitrogens with two attached hydrogens (primary N) is 1. The van der Waals surface area contributed by atoms with E-state index in [-0.39, 0.29) is 0 Å². The van der Waals surface area contributed by atoms with Crippen molar-refractivity contribution in [2.24, 2.45) is 5.84 Å². The molecule has 4 heteroatoms. The van der Waals surface area contributed by atoms with Gasteiger partial charge in [0.1, 0.15) is 0 Å². The second-order valence-corrected chi connectivity index (χ2v) is 4.28. The molecule has 0 saturated carbocycles. The average molecular weight is 217 g/mol. The quantitative estimate of drug-likeness (QED) is 0.461. The van der Waals surface area contributed by atoms with Crippen LogP contribution in [0.5, 0.6) is 0 Å². The minimum atomic E-state index is 0.293. The molecule has 0 spiro atoms. The maximum Gasteiger partial charge on any atom is 0.0541 e. The average Bonchev–Trinajstić information content (AvgIpc) is 2.16. The van der Waals surface area contributed by atoms with Crippen LogP contribution in [-0.2, 0) is 0 Å². The highest BCUT2D eigenvalue weighted by Crippen LogP contribution is 2.26. The Kier molecular flexibility index (Phi) is 4.59. The molecular weight excluding hydrogens is 204 g/mol. The third-order valence-electron chi connectivity index (χ3n) is 1.61. The van der Waals surface area contributed by atoms with E-state index in [1.165, 1.54) is 0 Å². The highest BCUT2D eigenvalue weighted by Gasteiger charge is 2.02. The number of benzene rings is 1. The highest BCUT2D eigenvalue weighted by molar-refractivity contribution is 7.99. The van der Waals surface area contributed by atoms with E-state index in [0.29, 0.717) is 6.04 Å². The van der Waals surface area contributed by atoms with E-state index in [4.69, 9.17) is 17.4 Å². The molecule has 0 amide bonds. The number of nitrogens with one attached hydrogen (secondary N) is 1. The van der Waals surface area contributed by atoms with Gasteiger partial charge in [0.05, 0.1) is 5.02 Å². The van der Waals surface area contributed by atoms with Crippen molar-refractivity contribution in [1.29, 1.82) is 0 Å². The van der Waals surface area contributed by atoms with Gasteiger partial charge >= 0.3 is 0 Å². The number of hydrazine groups is 1. The van der Waals surface area contributed by atoms with Crippen LogP contribution in [0, 0.1) is 0 Å². The van der Waals surface area contributed by atoms with Gasteiger partial charge in [-0.1, -0.05) is 23.7 Å². The first-order valence-corrected chi connectivity index (χ1v) is 5.44. The normalized spacial score (nSPS) is 12.8. The molecule has 0 bridgehead atoms. The summed E-state index contributed by atoms with van der Waals surface area (Å²) < 4.78 is 0. The van der Waals surface area contributed by atoms with E-state index in [1.807, 2.05) is 31.2 Å². The Labute approximate surface area is 87.8 Å². The number of hydrogen-bond acceptors (Lipinski definition) is 3. The number of hydrogen-bond donors (Lipinski definition) is 2. The van der Waals surface area contributed by atoms with Gasteiger partial charge in [-0.2, -0.15) is 0 Å². The zero-order valence-corrected chi connectivity index (χ0v) is 9.03. The predicted octanol–water partition coefficient (Wildman–Crippen LogP) is 2.28. The van der Waals surface area contributed by atoms with Gasteiger partial charge in [0.15, 0.2) is 0 Å². The van der Waals surface area contributed by atoms with Crippen LogP contribution in [0.4, 0.5) is 0 Å². The molecule has 0 heterocycles. The van der Waals surface area contributed by atoms with E-state index in [2.05, 4.69) is 5.43 Å². The zero-order chi connectivity index (χ0) is 9.68. The molecule has 0 aliphatic heterocycles. The van der Waals surface area contributed by atoms with Crippen molar-refractivity contribution < 1.29 is 0 Å². The first-order chi connectivity index (χ1) is 6.24. The minimum absolute atomic E-state index is 0.293. The lowest BCUT2D eigenvalue weighted by atomic mass is 10.4. The lowest BCUT2D eigenvalue weighted by molar-refractivity contribution is 0.625. The Morgan fingerprint density at radius 1 is 1.54 bits per heavy atom. The number of thioether (sulfide) groups is 1. The molecule has 72 valence electrons. The smallest absolute Gasteiger partial charge is 0.0541 e. The van der Waals surface area contributed by atoms with Crippen molar-refractivity contribution in [2.45, 2.75) is 17.9 Å². The molecule has 0 fully saturated rings. The summed E-state index contributed by atoms with van der Waals surface area (Å²) in [6.07, 6.45) is 0. The van der Waals surface area contributed by atoms with Crippen LogP contribution < -0.4 is 11.3 Å². The number of rotatable bonds is 4. The summed E-state index contributed by atoms with van der Waals surface area (Å²) in [7, 11) is 0. The van der Waals surface area contributed by atoms with Gasteiger partial charge in [-0.15, -0.1) is 11.8 Å². The van der Waals surface area contributed by atoms with Crippen LogP contribution in [0.2, 0.25) is 5.02 Å². The zero-order valence-electron chi connectivity index (χ0n) is 7.46. The summed E-state index contributed by atoms with van der Waals surface area (Å²) in [6, 6.07) is 8.10. The van der Waals surface area contributed by atoms with Crippen LogP contribution in [-0.4, -0.2) is 11.8 Å². The van der Waals surface area contributed by atoms with Gasteiger partial charge in [0.25, 0.3) is 0 Å². The molecule has 1 atom stereocenters. The van der Waals surface area contributed by atoms with Crippen molar-refractivity contribution >= 4 is 23.4 Å². The maximum atomic E-state index is 5.98. The summed E-state index contributed by atoms with van der Waals surface area (Å²) >= 11 is 7.68. The molecule has 1 aromatic carbocycles. The Morgan fingerprint density at radius 3 is 2.85 bits per heavy atom.